The van der Waals surface area contributed by atoms with E-state index in [1.165, 1.54) is 19.2 Å². The molecule has 2 aromatic carbocycles. The van der Waals surface area contributed by atoms with Crippen molar-refractivity contribution in [3.8, 4) is 17.6 Å². The first-order chi connectivity index (χ1) is 9.90. The summed E-state index contributed by atoms with van der Waals surface area (Å²) in [4.78, 5) is 0. The monoisotopic (exact) mass is 291 g/mol. The van der Waals surface area contributed by atoms with Gasteiger partial charge in [0.15, 0.2) is 0 Å². The number of hydrogen-bond donors (Lipinski definition) is 1. The minimum absolute atomic E-state index is 0.453. The van der Waals surface area contributed by atoms with E-state index in [1.54, 1.807) is 18.2 Å². The average molecular weight is 291 g/mol. The van der Waals surface area contributed by atoms with E-state index < -0.39 is 11.7 Å². The molecule has 0 aliphatic carbocycles. The molecule has 0 aliphatic rings. The topological polar surface area (TPSA) is 35.2 Å². The molecular formula is C16H12F3NO. The van der Waals surface area contributed by atoms with Crippen molar-refractivity contribution >= 4 is 5.69 Å². The number of rotatable bonds is 1. The lowest BCUT2D eigenvalue weighted by molar-refractivity contribution is -0.137. The van der Waals surface area contributed by atoms with Crippen LogP contribution < -0.4 is 10.5 Å². The van der Waals surface area contributed by atoms with Gasteiger partial charge < -0.3 is 10.5 Å². The Balaban J connectivity index is 2.23. The van der Waals surface area contributed by atoms with E-state index in [4.69, 9.17) is 10.5 Å². The van der Waals surface area contributed by atoms with Gasteiger partial charge in [0.25, 0.3) is 0 Å². The Labute approximate surface area is 120 Å². The molecule has 0 saturated heterocycles. The number of ether oxygens (including phenoxy) is 1. The lowest BCUT2D eigenvalue weighted by Crippen LogP contribution is -2.04. The molecule has 0 heterocycles. The molecule has 0 unspecified atom stereocenters. The molecule has 0 fully saturated rings. The smallest absolute Gasteiger partial charge is 0.416 e. The fraction of sp³-hybridized carbons (Fsp3) is 0.125. The summed E-state index contributed by atoms with van der Waals surface area (Å²) < 4.78 is 42.3. The molecule has 0 amide bonds. The summed E-state index contributed by atoms with van der Waals surface area (Å²) in [5.41, 5.74) is 6.64. The van der Waals surface area contributed by atoms with Gasteiger partial charge in [0.2, 0.25) is 0 Å². The molecule has 2 N–H and O–H groups in total. The highest BCUT2D eigenvalue weighted by Crippen LogP contribution is 2.29. The first-order valence-corrected chi connectivity index (χ1v) is 6.03. The Morgan fingerprint density at radius 1 is 1.00 bits per heavy atom. The quantitative estimate of drug-likeness (QED) is 0.642. The zero-order chi connectivity index (χ0) is 15.5. The molecule has 21 heavy (non-hydrogen) atoms. The molecular weight excluding hydrogens is 279 g/mol. The summed E-state index contributed by atoms with van der Waals surface area (Å²) in [5.74, 6) is 6.22. The highest BCUT2D eigenvalue weighted by atomic mass is 19.4. The van der Waals surface area contributed by atoms with Crippen LogP contribution in [0.4, 0.5) is 18.9 Å². The van der Waals surface area contributed by atoms with E-state index in [0.717, 1.165) is 12.1 Å². The standard InChI is InChI=1S/C16H12F3NO/c1-21-14-9-6-12(15(20)10-14)5-2-11-3-7-13(8-4-11)16(17,18)19/h3-4,6-10H,20H2,1H3. The SMILES string of the molecule is COc1ccc(C#Cc2ccc(C(F)(F)F)cc2)c(N)c1. The van der Waals surface area contributed by atoms with E-state index in [0.29, 0.717) is 22.6 Å². The molecule has 0 radical (unpaired) electrons. The summed E-state index contributed by atoms with van der Waals surface area (Å²) >= 11 is 0. The number of benzene rings is 2. The second-order valence-electron chi connectivity index (χ2n) is 4.28. The number of methoxy groups -OCH3 is 1. The summed E-state index contributed by atoms with van der Waals surface area (Å²) in [6.07, 6.45) is -4.34. The van der Waals surface area contributed by atoms with Crippen molar-refractivity contribution < 1.29 is 17.9 Å². The zero-order valence-corrected chi connectivity index (χ0v) is 11.2. The van der Waals surface area contributed by atoms with Crippen LogP contribution in [0.5, 0.6) is 5.75 Å². The molecule has 2 nitrogen and oxygen atoms in total. The van der Waals surface area contributed by atoms with E-state index in [-0.39, 0.29) is 0 Å². The maximum atomic E-state index is 12.4. The van der Waals surface area contributed by atoms with Gasteiger partial charge in [-0.05, 0) is 36.4 Å². The Kier molecular flexibility index (Phi) is 4.08. The fourth-order valence-corrected chi connectivity index (χ4v) is 1.66. The van der Waals surface area contributed by atoms with Crippen molar-refractivity contribution in [2.24, 2.45) is 0 Å². The lowest BCUT2D eigenvalue weighted by Gasteiger charge is -2.05. The molecule has 0 atom stereocenters. The molecule has 2 aromatic rings. The third-order valence-corrected chi connectivity index (χ3v) is 2.81. The van der Waals surface area contributed by atoms with Gasteiger partial charge in [-0.1, -0.05) is 11.8 Å². The summed E-state index contributed by atoms with van der Waals surface area (Å²) in [7, 11) is 1.53. The molecule has 0 aromatic heterocycles. The first kappa shape index (κ1) is 14.8. The number of hydrogen-bond acceptors (Lipinski definition) is 2. The van der Waals surface area contributed by atoms with Crippen molar-refractivity contribution in [2.75, 3.05) is 12.8 Å². The number of nitrogen functional groups attached to an aromatic ring is 1. The van der Waals surface area contributed by atoms with Crippen LogP contribution in [0.1, 0.15) is 16.7 Å². The summed E-state index contributed by atoms with van der Waals surface area (Å²) in [5, 5.41) is 0. The molecule has 0 saturated carbocycles. The van der Waals surface area contributed by atoms with Crippen molar-refractivity contribution in [1.29, 1.82) is 0 Å². The van der Waals surface area contributed by atoms with Gasteiger partial charge in [-0.25, -0.2) is 0 Å². The summed E-state index contributed by atoms with van der Waals surface area (Å²) in [6, 6.07) is 9.71. The maximum absolute atomic E-state index is 12.4. The highest BCUT2D eigenvalue weighted by molar-refractivity contribution is 5.60. The Morgan fingerprint density at radius 2 is 1.67 bits per heavy atom. The lowest BCUT2D eigenvalue weighted by atomic mass is 10.1. The molecule has 5 heteroatoms. The third kappa shape index (κ3) is 3.69. The van der Waals surface area contributed by atoms with Crippen LogP contribution in [0.15, 0.2) is 42.5 Å². The van der Waals surface area contributed by atoms with Crippen molar-refractivity contribution in [2.45, 2.75) is 6.18 Å². The second-order valence-corrected chi connectivity index (χ2v) is 4.28. The van der Waals surface area contributed by atoms with Crippen LogP contribution in [-0.2, 0) is 6.18 Å². The van der Waals surface area contributed by atoms with Crippen LogP contribution in [-0.4, -0.2) is 7.11 Å². The van der Waals surface area contributed by atoms with Crippen LogP contribution in [0.2, 0.25) is 0 Å². The molecule has 108 valence electrons. The Hall–Kier alpha value is -2.61. The van der Waals surface area contributed by atoms with Crippen LogP contribution in [0.3, 0.4) is 0 Å². The van der Waals surface area contributed by atoms with E-state index in [2.05, 4.69) is 11.8 Å². The van der Waals surface area contributed by atoms with Gasteiger partial charge in [0, 0.05) is 17.2 Å². The highest BCUT2D eigenvalue weighted by Gasteiger charge is 2.29. The van der Waals surface area contributed by atoms with Gasteiger partial charge in [-0.15, -0.1) is 0 Å². The first-order valence-electron chi connectivity index (χ1n) is 6.03. The van der Waals surface area contributed by atoms with E-state index in [1.807, 2.05) is 0 Å². The van der Waals surface area contributed by atoms with Gasteiger partial charge >= 0.3 is 6.18 Å². The number of halogens is 3. The number of anilines is 1. The van der Waals surface area contributed by atoms with E-state index >= 15 is 0 Å². The van der Waals surface area contributed by atoms with Crippen LogP contribution in [0.25, 0.3) is 0 Å². The van der Waals surface area contributed by atoms with Gasteiger partial charge in [-0.3, -0.25) is 0 Å². The van der Waals surface area contributed by atoms with Crippen molar-refractivity contribution in [3.05, 3.63) is 59.2 Å². The predicted molar refractivity (Wildman–Crippen MR) is 74.8 cm³/mol. The number of alkyl halides is 3. The number of nitrogens with two attached hydrogens (primary N) is 1. The minimum Gasteiger partial charge on any atom is -0.497 e. The molecule has 0 bridgehead atoms. The van der Waals surface area contributed by atoms with Crippen molar-refractivity contribution in [3.63, 3.8) is 0 Å². The average Bonchev–Trinajstić information content (AvgIpc) is 2.45. The third-order valence-electron chi connectivity index (χ3n) is 2.81. The second kappa shape index (κ2) is 5.80. The minimum atomic E-state index is -4.34. The van der Waals surface area contributed by atoms with Crippen LogP contribution >= 0.6 is 0 Å². The fourth-order valence-electron chi connectivity index (χ4n) is 1.66. The van der Waals surface area contributed by atoms with Gasteiger partial charge in [-0.2, -0.15) is 13.2 Å². The van der Waals surface area contributed by atoms with Crippen LogP contribution in [0, 0.1) is 11.8 Å². The largest absolute Gasteiger partial charge is 0.497 e. The maximum Gasteiger partial charge on any atom is 0.416 e. The summed E-state index contributed by atoms with van der Waals surface area (Å²) in [6.45, 7) is 0. The Bertz CT molecular complexity index is 694. The van der Waals surface area contributed by atoms with Crippen molar-refractivity contribution in [1.82, 2.24) is 0 Å². The normalized spacial score (nSPS) is 10.7. The Morgan fingerprint density at radius 3 is 2.19 bits per heavy atom. The molecule has 0 spiro atoms. The predicted octanol–water partition coefficient (Wildman–Crippen LogP) is 3.70. The zero-order valence-electron chi connectivity index (χ0n) is 11.2. The van der Waals surface area contributed by atoms with E-state index in [9.17, 15) is 13.2 Å². The van der Waals surface area contributed by atoms with Gasteiger partial charge in [0.05, 0.1) is 18.4 Å². The van der Waals surface area contributed by atoms with Gasteiger partial charge in [0.1, 0.15) is 5.75 Å². The molecule has 0 aliphatic heterocycles. The molecule has 2 rings (SSSR count).